The second-order valence-electron chi connectivity index (χ2n) is 3.83. The average molecular weight is 206 g/mol. The van der Waals surface area contributed by atoms with E-state index >= 15 is 0 Å². The Morgan fingerprint density at radius 2 is 1.87 bits per heavy atom. The van der Waals surface area contributed by atoms with Crippen LogP contribution in [0.15, 0.2) is 30.3 Å². The zero-order valence-corrected chi connectivity index (χ0v) is 8.74. The highest BCUT2D eigenvalue weighted by Gasteiger charge is 2.18. The molecule has 0 unspecified atom stereocenters. The number of carbonyl (C=O) groups excluding carboxylic acids is 1. The van der Waals surface area contributed by atoms with Gasteiger partial charge in [-0.2, -0.15) is 0 Å². The van der Waals surface area contributed by atoms with E-state index in [1.165, 1.54) is 4.90 Å². The summed E-state index contributed by atoms with van der Waals surface area (Å²) in [6.07, 6.45) is 0. The van der Waals surface area contributed by atoms with Crippen LogP contribution in [0.1, 0.15) is 10.4 Å². The minimum Gasteiger partial charge on any atom is -0.370 e. The van der Waals surface area contributed by atoms with Gasteiger partial charge in [-0.05, 0) is 0 Å². The topological polar surface area (TPSA) is 30.7 Å². The van der Waals surface area contributed by atoms with Gasteiger partial charge in [0.2, 0.25) is 5.78 Å². The molecule has 2 rings (SSSR count). The molecule has 1 aliphatic rings. The van der Waals surface area contributed by atoms with Crippen molar-refractivity contribution in [2.24, 2.45) is 0 Å². The van der Waals surface area contributed by atoms with Crippen molar-refractivity contribution < 1.29 is 14.4 Å². The molecule has 15 heavy (non-hydrogen) atoms. The van der Waals surface area contributed by atoms with Gasteiger partial charge >= 0.3 is 0 Å². The smallest absolute Gasteiger partial charge is 0.216 e. The number of ketones is 1. The van der Waals surface area contributed by atoms with Crippen LogP contribution in [0.4, 0.5) is 0 Å². The Morgan fingerprint density at radius 1 is 1.20 bits per heavy atom. The number of morpholine rings is 1. The summed E-state index contributed by atoms with van der Waals surface area (Å²) in [6.45, 7) is 4.03. The first-order chi connectivity index (χ1) is 7.36. The molecular formula is C12H16NO2+. The Labute approximate surface area is 89.7 Å². The number of nitrogens with one attached hydrogen (secondary N) is 1. The van der Waals surface area contributed by atoms with Gasteiger partial charge in [-0.1, -0.05) is 30.3 Å². The summed E-state index contributed by atoms with van der Waals surface area (Å²) in [5, 5.41) is 0. The minimum absolute atomic E-state index is 0.229. The van der Waals surface area contributed by atoms with Crippen LogP contribution >= 0.6 is 0 Å². The standard InChI is InChI=1S/C12H15NO2/c14-12(11-4-2-1-3-5-11)10-13-6-8-15-9-7-13/h1-5H,6-10H2/p+1. The highest BCUT2D eigenvalue weighted by atomic mass is 16.5. The van der Waals surface area contributed by atoms with Gasteiger partial charge in [0.25, 0.3) is 0 Å². The van der Waals surface area contributed by atoms with Gasteiger partial charge in [0, 0.05) is 5.56 Å². The van der Waals surface area contributed by atoms with Crippen molar-refractivity contribution in [2.75, 3.05) is 32.8 Å². The molecular weight excluding hydrogens is 190 g/mol. The van der Waals surface area contributed by atoms with Gasteiger partial charge in [-0.25, -0.2) is 0 Å². The van der Waals surface area contributed by atoms with Crippen molar-refractivity contribution in [3.63, 3.8) is 0 Å². The molecule has 0 atom stereocenters. The maximum atomic E-state index is 11.9. The number of carbonyl (C=O) groups is 1. The van der Waals surface area contributed by atoms with E-state index in [4.69, 9.17) is 4.74 Å². The number of ether oxygens (including phenoxy) is 1. The Bertz CT molecular complexity index is 318. The molecule has 1 heterocycles. The van der Waals surface area contributed by atoms with Gasteiger partial charge in [0.1, 0.15) is 19.6 Å². The summed E-state index contributed by atoms with van der Waals surface area (Å²) >= 11 is 0. The lowest BCUT2D eigenvalue weighted by atomic mass is 10.1. The number of hydrogen-bond donors (Lipinski definition) is 1. The minimum atomic E-state index is 0.229. The summed E-state index contributed by atoms with van der Waals surface area (Å²) in [5.74, 6) is 0.229. The number of Topliss-reactive ketones (excluding diaryl/α,β-unsaturated/α-hetero) is 1. The Hall–Kier alpha value is -1.19. The van der Waals surface area contributed by atoms with Gasteiger partial charge < -0.3 is 9.64 Å². The summed E-state index contributed by atoms with van der Waals surface area (Å²) in [6, 6.07) is 9.49. The van der Waals surface area contributed by atoms with Crippen LogP contribution in [0.25, 0.3) is 0 Å². The van der Waals surface area contributed by atoms with Crippen LogP contribution in [0.3, 0.4) is 0 Å². The van der Waals surface area contributed by atoms with E-state index in [1.807, 2.05) is 30.3 Å². The monoisotopic (exact) mass is 206 g/mol. The predicted octanol–water partition coefficient (Wildman–Crippen LogP) is -0.216. The van der Waals surface area contributed by atoms with Crippen LogP contribution < -0.4 is 4.90 Å². The van der Waals surface area contributed by atoms with Crippen molar-refractivity contribution in [1.29, 1.82) is 0 Å². The molecule has 1 N–H and O–H groups in total. The molecule has 0 radical (unpaired) electrons. The number of rotatable bonds is 3. The molecule has 1 aliphatic heterocycles. The molecule has 1 fully saturated rings. The fourth-order valence-electron chi connectivity index (χ4n) is 1.79. The zero-order chi connectivity index (χ0) is 10.5. The van der Waals surface area contributed by atoms with E-state index in [2.05, 4.69) is 0 Å². The lowest BCUT2D eigenvalue weighted by Crippen LogP contribution is -3.14. The highest BCUT2D eigenvalue weighted by Crippen LogP contribution is 1.98. The molecule has 1 saturated heterocycles. The normalized spacial score (nSPS) is 17.6. The molecule has 0 spiro atoms. The van der Waals surface area contributed by atoms with E-state index in [-0.39, 0.29) is 5.78 Å². The van der Waals surface area contributed by atoms with Crippen molar-refractivity contribution >= 4 is 5.78 Å². The third-order valence-corrected chi connectivity index (χ3v) is 2.71. The molecule has 0 saturated carbocycles. The molecule has 3 nitrogen and oxygen atoms in total. The molecule has 0 bridgehead atoms. The lowest BCUT2D eigenvalue weighted by molar-refractivity contribution is -0.899. The second kappa shape index (κ2) is 5.05. The zero-order valence-electron chi connectivity index (χ0n) is 8.74. The number of quaternary nitrogens is 1. The van der Waals surface area contributed by atoms with Crippen LogP contribution in [0.5, 0.6) is 0 Å². The van der Waals surface area contributed by atoms with Crippen molar-refractivity contribution in [1.82, 2.24) is 0 Å². The van der Waals surface area contributed by atoms with E-state index in [1.54, 1.807) is 0 Å². The summed E-state index contributed by atoms with van der Waals surface area (Å²) in [7, 11) is 0. The summed E-state index contributed by atoms with van der Waals surface area (Å²) < 4.78 is 5.25. The molecule has 0 aromatic heterocycles. The molecule has 80 valence electrons. The first kappa shape index (κ1) is 10.3. The maximum Gasteiger partial charge on any atom is 0.216 e. The van der Waals surface area contributed by atoms with Gasteiger partial charge in [-0.3, -0.25) is 4.79 Å². The van der Waals surface area contributed by atoms with E-state index < -0.39 is 0 Å². The van der Waals surface area contributed by atoms with Crippen LogP contribution in [-0.2, 0) is 4.74 Å². The Morgan fingerprint density at radius 3 is 2.53 bits per heavy atom. The second-order valence-corrected chi connectivity index (χ2v) is 3.83. The van der Waals surface area contributed by atoms with E-state index in [9.17, 15) is 4.79 Å². The summed E-state index contributed by atoms with van der Waals surface area (Å²) in [5.41, 5.74) is 0.816. The van der Waals surface area contributed by atoms with E-state index in [0.717, 1.165) is 31.9 Å². The SMILES string of the molecule is O=C(C[NH+]1CCOCC1)c1ccccc1. The molecule has 3 heteroatoms. The average Bonchev–Trinajstić information content (AvgIpc) is 2.31. The van der Waals surface area contributed by atoms with Gasteiger partial charge in [-0.15, -0.1) is 0 Å². The Balaban J connectivity index is 1.91. The van der Waals surface area contributed by atoms with Crippen LogP contribution in [0.2, 0.25) is 0 Å². The molecule has 1 aromatic rings. The third-order valence-electron chi connectivity index (χ3n) is 2.71. The van der Waals surface area contributed by atoms with Gasteiger partial charge in [0.05, 0.1) is 13.2 Å². The lowest BCUT2D eigenvalue weighted by Gasteiger charge is -2.22. The van der Waals surface area contributed by atoms with Crippen LogP contribution in [-0.4, -0.2) is 38.6 Å². The maximum absolute atomic E-state index is 11.9. The first-order valence-corrected chi connectivity index (χ1v) is 5.36. The number of benzene rings is 1. The fraction of sp³-hybridized carbons (Fsp3) is 0.417. The third kappa shape index (κ3) is 2.88. The molecule has 0 amide bonds. The predicted molar refractivity (Wildman–Crippen MR) is 57.2 cm³/mol. The largest absolute Gasteiger partial charge is 0.370 e. The first-order valence-electron chi connectivity index (χ1n) is 5.36. The van der Waals surface area contributed by atoms with Crippen LogP contribution in [0, 0.1) is 0 Å². The van der Waals surface area contributed by atoms with E-state index in [0.29, 0.717) is 6.54 Å². The Kier molecular flexibility index (Phi) is 3.48. The summed E-state index contributed by atoms with van der Waals surface area (Å²) in [4.78, 5) is 13.2. The van der Waals surface area contributed by atoms with Gasteiger partial charge in [0.15, 0.2) is 0 Å². The quantitative estimate of drug-likeness (QED) is 0.693. The molecule has 1 aromatic carbocycles. The fourth-order valence-corrected chi connectivity index (χ4v) is 1.79. The van der Waals surface area contributed by atoms with Crippen molar-refractivity contribution in [3.05, 3.63) is 35.9 Å². The highest BCUT2D eigenvalue weighted by molar-refractivity contribution is 5.96. The number of hydrogen-bond acceptors (Lipinski definition) is 2. The van der Waals surface area contributed by atoms with Crippen molar-refractivity contribution in [2.45, 2.75) is 0 Å². The molecule has 0 aliphatic carbocycles. The van der Waals surface area contributed by atoms with Crippen molar-refractivity contribution in [3.8, 4) is 0 Å².